The van der Waals surface area contributed by atoms with Crippen molar-refractivity contribution in [2.75, 3.05) is 13.9 Å². The first-order chi connectivity index (χ1) is 6.29. The Kier molecular flexibility index (Phi) is 3.36. The number of ether oxygens (including phenoxy) is 2. The Labute approximate surface area is 78.5 Å². The molecule has 13 heavy (non-hydrogen) atoms. The molecule has 68 valence electrons. The van der Waals surface area contributed by atoms with Crippen LogP contribution in [0.15, 0.2) is 18.2 Å². The molecule has 0 spiro atoms. The van der Waals surface area contributed by atoms with Crippen LogP contribution in [-0.2, 0) is 4.74 Å². The van der Waals surface area contributed by atoms with Gasteiger partial charge in [0, 0.05) is 18.2 Å². The van der Waals surface area contributed by atoms with Crippen molar-refractivity contribution in [2.24, 2.45) is 0 Å². The number of terminal acetylenes is 1. The zero-order valence-electron chi connectivity index (χ0n) is 7.83. The van der Waals surface area contributed by atoms with Gasteiger partial charge in [-0.15, -0.1) is 6.42 Å². The molecule has 0 saturated heterocycles. The summed E-state index contributed by atoms with van der Waals surface area (Å²) >= 11 is 0. The lowest BCUT2D eigenvalue weighted by atomic mass is 10.1. The Balaban J connectivity index is 2.90. The van der Waals surface area contributed by atoms with Gasteiger partial charge in [0.25, 0.3) is 0 Å². The highest BCUT2D eigenvalue weighted by Crippen LogP contribution is 2.20. The maximum Gasteiger partial charge on any atom is 0.188 e. The van der Waals surface area contributed by atoms with Crippen molar-refractivity contribution in [3.63, 3.8) is 0 Å². The monoisotopic (exact) mass is 176 g/mol. The van der Waals surface area contributed by atoms with E-state index in [0.29, 0.717) is 0 Å². The van der Waals surface area contributed by atoms with Gasteiger partial charge in [-0.3, -0.25) is 0 Å². The molecule has 0 aliphatic heterocycles. The fourth-order valence-electron chi connectivity index (χ4n) is 1.05. The van der Waals surface area contributed by atoms with E-state index in [2.05, 4.69) is 5.92 Å². The SMILES string of the molecule is C#Cc1cccc(OCOC)c1C. The minimum Gasteiger partial charge on any atom is -0.467 e. The molecule has 0 heterocycles. The summed E-state index contributed by atoms with van der Waals surface area (Å²) in [6.07, 6.45) is 5.31. The lowest BCUT2D eigenvalue weighted by Crippen LogP contribution is -2.00. The second-order valence-corrected chi connectivity index (χ2v) is 2.62. The molecule has 0 bridgehead atoms. The Bertz CT molecular complexity index is 323. The van der Waals surface area contributed by atoms with E-state index in [-0.39, 0.29) is 6.79 Å². The highest BCUT2D eigenvalue weighted by Gasteiger charge is 2.01. The molecule has 0 unspecified atom stereocenters. The van der Waals surface area contributed by atoms with E-state index in [1.807, 2.05) is 25.1 Å². The lowest BCUT2D eigenvalue weighted by molar-refractivity contribution is 0.0506. The molecule has 0 aliphatic carbocycles. The van der Waals surface area contributed by atoms with Crippen LogP contribution in [0, 0.1) is 19.3 Å². The van der Waals surface area contributed by atoms with Crippen LogP contribution in [0.4, 0.5) is 0 Å². The fourth-order valence-corrected chi connectivity index (χ4v) is 1.05. The van der Waals surface area contributed by atoms with Gasteiger partial charge in [-0.2, -0.15) is 0 Å². The minimum absolute atomic E-state index is 0.245. The van der Waals surface area contributed by atoms with Crippen molar-refractivity contribution in [3.05, 3.63) is 29.3 Å². The third-order valence-corrected chi connectivity index (χ3v) is 1.77. The maximum absolute atomic E-state index is 5.31. The molecule has 1 aromatic carbocycles. The summed E-state index contributed by atoms with van der Waals surface area (Å²) in [6.45, 7) is 2.18. The standard InChI is InChI=1S/C11H12O2/c1-4-10-6-5-7-11(9(10)2)13-8-12-3/h1,5-7H,8H2,2-3H3. The van der Waals surface area contributed by atoms with E-state index in [1.54, 1.807) is 7.11 Å². The van der Waals surface area contributed by atoms with Crippen LogP contribution in [-0.4, -0.2) is 13.9 Å². The van der Waals surface area contributed by atoms with Gasteiger partial charge in [0.15, 0.2) is 6.79 Å². The first-order valence-corrected chi connectivity index (χ1v) is 3.97. The van der Waals surface area contributed by atoms with Crippen LogP contribution < -0.4 is 4.74 Å². The van der Waals surface area contributed by atoms with Crippen LogP contribution >= 0.6 is 0 Å². The molecule has 1 aromatic rings. The molecular formula is C11H12O2. The van der Waals surface area contributed by atoms with Gasteiger partial charge in [-0.1, -0.05) is 12.0 Å². The normalized spacial score (nSPS) is 9.31. The fraction of sp³-hybridized carbons (Fsp3) is 0.273. The second kappa shape index (κ2) is 4.54. The molecule has 0 fully saturated rings. The number of benzene rings is 1. The minimum atomic E-state index is 0.245. The van der Waals surface area contributed by atoms with Gasteiger partial charge in [-0.25, -0.2) is 0 Å². The van der Waals surface area contributed by atoms with Crippen molar-refractivity contribution in [1.82, 2.24) is 0 Å². The molecule has 1 rings (SSSR count). The van der Waals surface area contributed by atoms with Gasteiger partial charge >= 0.3 is 0 Å². The summed E-state index contributed by atoms with van der Waals surface area (Å²) in [7, 11) is 1.58. The Morgan fingerprint density at radius 3 is 2.85 bits per heavy atom. The average molecular weight is 176 g/mol. The van der Waals surface area contributed by atoms with Crippen molar-refractivity contribution in [3.8, 4) is 18.1 Å². The molecule has 0 N–H and O–H groups in total. The highest BCUT2D eigenvalue weighted by atomic mass is 16.7. The van der Waals surface area contributed by atoms with Crippen molar-refractivity contribution in [2.45, 2.75) is 6.92 Å². The predicted octanol–water partition coefficient (Wildman–Crippen LogP) is 1.96. The first kappa shape index (κ1) is 9.63. The Morgan fingerprint density at radius 2 is 2.23 bits per heavy atom. The summed E-state index contributed by atoms with van der Waals surface area (Å²) in [4.78, 5) is 0. The van der Waals surface area contributed by atoms with Crippen LogP contribution in [0.25, 0.3) is 0 Å². The summed E-state index contributed by atoms with van der Waals surface area (Å²) in [5, 5.41) is 0. The van der Waals surface area contributed by atoms with Crippen LogP contribution in [0.2, 0.25) is 0 Å². The Morgan fingerprint density at radius 1 is 1.46 bits per heavy atom. The van der Waals surface area contributed by atoms with Crippen LogP contribution in [0.1, 0.15) is 11.1 Å². The van der Waals surface area contributed by atoms with Gasteiger partial charge < -0.3 is 9.47 Å². The molecule has 2 heteroatoms. The highest BCUT2D eigenvalue weighted by molar-refractivity contribution is 5.46. The first-order valence-electron chi connectivity index (χ1n) is 3.97. The summed E-state index contributed by atoms with van der Waals surface area (Å²) in [6, 6.07) is 5.62. The summed E-state index contributed by atoms with van der Waals surface area (Å²) in [5.41, 5.74) is 1.83. The smallest absolute Gasteiger partial charge is 0.188 e. The van der Waals surface area contributed by atoms with Crippen LogP contribution in [0.5, 0.6) is 5.75 Å². The molecule has 2 nitrogen and oxygen atoms in total. The molecule has 0 aliphatic rings. The third-order valence-electron chi connectivity index (χ3n) is 1.77. The zero-order chi connectivity index (χ0) is 9.68. The van der Waals surface area contributed by atoms with E-state index in [4.69, 9.17) is 15.9 Å². The van der Waals surface area contributed by atoms with Crippen molar-refractivity contribution >= 4 is 0 Å². The topological polar surface area (TPSA) is 18.5 Å². The molecular weight excluding hydrogens is 164 g/mol. The molecule has 0 atom stereocenters. The average Bonchev–Trinajstić information content (AvgIpc) is 2.16. The molecule has 0 aromatic heterocycles. The number of rotatable bonds is 3. The van der Waals surface area contributed by atoms with Crippen molar-refractivity contribution < 1.29 is 9.47 Å². The third kappa shape index (κ3) is 2.24. The maximum atomic E-state index is 5.31. The molecule has 0 amide bonds. The second-order valence-electron chi connectivity index (χ2n) is 2.62. The Hall–Kier alpha value is -1.46. The van der Waals surface area contributed by atoms with E-state index in [9.17, 15) is 0 Å². The van der Waals surface area contributed by atoms with Gasteiger partial charge in [0.05, 0.1) is 0 Å². The summed E-state index contributed by atoms with van der Waals surface area (Å²) < 4.78 is 10.1. The molecule has 0 radical (unpaired) electrons. The largest absolute Gasteiger partial charge is 0.467 e. The van der Waals surface area contributed by atoms with Gasteiger partial charge in [-0.05, 0) is 19.1 Å². The van der Waals surface area contributed by atoms with E-state index >= 15 is 0 Å². The lowest BCUT2D eigenvalue weighted by Gasteiger charge is -2.08. The number of hydrogen-bond donors (Lipinski definition) is 0. The summed E-state index contributed by atoms with van der Waals surface area (Å²) in [5.74, 6) is 3.37. The zero-order valence-corrected chi connectivity index (χ0v) is 7.83. The predicted molar refractivity (Wildman–Crippen MR) is 51.6 cm³/mol. The van der Waals surface area contributed by atoms with Crippen LogP contribution in [0.3, 0.4) is 0 Å². The van der Waals surface area contributed by atoms with Gasteiger partial charge in [0.1, 0.15) is 5.75 Å². The quantitative estimate of drug-likeness (QED) is 0.517. The van der Waals surface area contributed by atoms with E-state index < -0.39 is 0 Å². The van der Waals surface area contributed by atoms with Gasteiger partial charge in [0.2, 0.25) is 0 Å². The number of hydrogen-bond acceptors (Lipinski definition) is 2. The van der Waals surface area contributed by atoms with E-state index in [0.717, 1.165) is 16.9 Å². The van der Waals surface area contributed by atoms with E-state index in [1.165, 1.54) is 0 Å². The molecule has 0 saturated carbocycles. The van der Waals surface area contributed by atoms with Crippen molar-refractivity contribution in [1.29, 1.82) is 0 Å². The number of methoxy groups -OCH3 is 1.